The minimum atomic E-state index is 0.228. The lowest BCUT2D eigenvalue weighted by atomic mass is 9.96. The molecule has 1 aliphatic heterocycles. The van der Waals surface area contributed by atoms with E-state index in [4.69, 9.17) is 14.8 Å². The summed E-state index contributed by atoms with van der Waals surface area (Å²) in [5, 5.41) is 9.15. The lowest BCUT2D eigenvalue weighted by Gasteiger charge is -2.31. The number of aliphatic hydroxyl groups excluding tert-OH is 1. The number of aromatic nitrogens is 3. The summed E-state index contributed by atoms with van der Waals surface area (Å²) in [7, 11) is 0. The lowest BCUT2D eigenvalue weighted by Crippen LogP contribution is -2.35. The Labute approximate surface area is 159 Å². The molecule has 0 amide bonds. The van der Waals surface area contributed by atoms with E-state index in [0.717, 1.165) is 61.6 Å². The van der Waals surface area contributed by atoms with Gasteiger partial charge in [0.05, 0.1) is 30.4 Å². The number of ether oxygens (including phenoxy) is 1. The van der Waals surface area contributed by atoms with Crippen LogP contribution in [0.4, 0.5) is 0 Å². The number of aliphatic hydroxyl groups is 1. The van der Waals surface area contributed by atoms with Crippen molar-refractivity contribution in [3.8, 4) is 5.75 Å². The molecule has 0 bridgehead atoms. The van der Waals surface area contributed by atoms with Gasteiger partial charge in [-0.1, -0.05) is 18.2 Å². The summed E-state index contributed by atoms with van der Waals surface area (Å²) in [4.78, 5) is 11.6. The van der Waals surface area contributed by atoms with Gasteiger partial charge in [0.15, 0.2) is 0 Å². The van der Waals surface area contributed by atoms with Crippen molar-refractivity contribution < 1.29 is 9.84 Å². The molecule has 0 spiro atoms. The van der Waals surface area contributed by atoms with Gasteiger partial charge in [0.1, 0.15) is 18.2 Å². The fourth-order valence-electron chi connectivity index (χ4n) is 3.86. The Balaban J connectivity index is 1.51. The first-order valence-electron chi connectivity index (χ1n) is 9.66. The van der Waals surface area contributed by atoms with Crippen LogP contribution in [0.2, 0.25) is 0 Å². The molecular weight excluding hydrogens is 340 g/mol. The topological polar surface area (TPSA) is 63.4 Å². The summed E-state index contributed by atoms with van der Waals surface area (Å²) in [6, 6.07) is 11.9. The molecule has 2 aromatic heterocycles. The van der Waals surface area contributed by atoms with Crippen LogP contribution >= 0.6 is 0 Å². The van der Waals surface area contributed by atoms with E-state index in [1.165, 1.54) is 0 Å². The maximum absolute atomic E-state index is 9.15. The number of nitrogens with zero attached hydrogens (tertiary/aromatic N) is 4. The number of fused-ring (bicyclic) bond motifs is 1. The Kier molecular flexibility index (Phi) is 5.65. The Bertz CT molecular complexity index is 857. The molecule has 6 nitrogen and oxygen atoms in total. The average molecular weight is 366 g/mol. The first kappa shape index (κ1) is 17.9. The van der Waals surface area contributed by atoms with Crippen molar-refractivity contribution in [3.05, 3.63) is 54.6 Å². The number of rotatable bonds is 7. The van der Waals surface area contributed by atoms with E-state index < -0.39 is 0 Å². The van der Waals surface area contributed by atoms with Crippen LogP contribution in [0.15, 0.2) is 48.8 Å². The predicted octanol–water partition coefficient (Wildman–Crippen LogP) is 2.68. The van der Waals surface area contributed by atoms with Crippen LogP contribution in [-0.2, 0) is 6.54 Å². The van der Waals surface area contributed by atoms with E-state index in [9.17, 15) is 0 Å². The summed E-state index contributed by atoms with van der Waals surface area (Å²) in [5.41, 5.74) is 2.07. The second kappa shape index (κ2) is 8.50. The largest absolute Gasteiger partial charge is 0.492 e. The number of hydrogen-bond donors (Lipinski definition) is 1. The van der Waals surface area contributed by atoms with Crippen LogP contribution in [0, 0.1) is 0 Å². The summed E-state index contributed by atoms with van der Waals surface area (Å²) < 4.78 is 8.19. The SMILES string of the molecule is OCCN1CCC(c2nc3ccncc3n2CCOc2ccccc2)CC1. The summed E-state index contributed by atoms with van der Waals surface area (Å²) in [6.07, 6.45) is 5.83. The Morgan fingerprint density at radius 1 is 1.07 bits per heavy atom. The molecule has 4 rings (SSSR count). The van der Waals surface area contributed by atoms with Crippen LogP contribution in [0.5, 0.6) is 5.75 Å². The van der Waals surface area contributed by atoms with E-state index >= 15 is 0 Å². The first-order chi connectivity index (χ1) is 13.3. The predicted molar refractivity (Wildman–Crippen MR) is 105 cm³/mol. The Hall–Kier alpha value is -2.44. The van der Waals surface area contributed by atoms with Gasteiger partial charge in [0.25, 0.3) is 0 Å². The van der Waals surface area contributed by atoms with Gasteiger partial charge in [0.2, 0.25) is 0 Å². The van der Waals surface area contributed by atoms with E-state index in [2.05, 4.69) is 14.5 Å². The molecule has 0 aliphatic carbocycles. The molecule has 1 saturated heterocycles. The van der Waals surface area contributed by atoms with E-state index in [0.29, 0.717) is 12.5 Å². The number of hydrogen-bond acceptors (Lipinski definition) is 5. The molecule has 3 aromatic rings. The molecule has 0 radical (unpaired) electrons. The zero-order chi connectivity index (χ0) is 18.5. The van der Waals surface area contributed by atoms with Gasteiger partial charge in [-0.3, -0.25) is 4.98 Å². The highest BCUT2D eigenvalue weighted by molar-refractivity contribution is 5.74. The van der Waals surface area contributed by atoms with Crippen molar-refractivity contribution >= 4 is 11.0 Å². The standard InChI is InChI=1S/C21H26N4O2/c26-14-12-24-10-7-17(8-11-24)21-23-19-6-9-22-16-20(19)25(21)13-15-27-18-4-2-1-3-5-18/h1-6,9,16-17,26H,7-8,10-15H2. The van der Waals surface area contributed by atoms with Crippen LogP contribution in [-0.4, -0.2) is 57.4 Å². The second-order valence-electron chi connectivity index (χ2n) is 6.99. The quantitative estimate of drug-likeness (QED) is 0.697. The number of piperidine rings is 1. The highest BCUT2D eigenvalue weighted by Crippen LogP contribution is 2.30. The smallest absolute Gasteiger partial charge is 0.119 e. The number of pyridine rings is 1. The molecule has 0 atom stereocenters. The van der Waals surface area contributed by atoms with Gasteiger partial charge in [-0.2, -0.15) is 0 Å². The molecule has 1 fully saturated rings. The molecule has 3 heterocycles. The van der Waals surface area contributed by atoms with Crippen molar-refractivity contribution in [1.82, 2.24) is 19.4 Å². The fraction of sp³-hybridized carbons (Fsp3) is 0.429. The van der Waals surface area contributed by atoms with Crippen molar-refractivity contribution in [2.24, 2.45) is 0 Å². The number of imidazole rings is 1. The summed E-state index contributed by atoms with van der Waals surface area (Å²) in [5.74, 6) is 2.46. The molecule has 6 heteroatoms. The summed E-state index contributed by atoms with van der Waals surface area (Å²) >= 11 is 0. The van der Waals surface area contributed by atoms with Gasteiger partial charge < -0.3 is 19.3 Å². The van der Waals surface area contributed by atoms with E-state index in [1.54, 1.807) is 6.20 Å². The zero-order valence-corrected chi connectivity index (χ0v) is 15.5. The molecule has 1 N–H and O–H groups in total. The van der Waals surface area contributed by atoms with Gasteiger partial charge in [-0.05, 0) is 44.1 Å². The van der Waals surface area contributed by atoms with Gasteiger partial charge in [0, 0.05) is 18.7 Å². The molecular formula is C21H26N4O2. The molecule has 27 heavy (non-hydrogen) atoms. The summed E-state index contributed by atoms with van der Waals surface area (Å²) in [6.45, 7) is 4.36. The van der Waals surface area contributed by atoms with Crippen molar-refractivity contribution in [1.29, 1.82) is 0 Å². The van der Waals surface area contributed by atoms with Crippen LogP contribution < -0.4 is 4.74 Å². The number of likely N-dealkylation sites (tertiary alicyclic amines) is 1. The second-order valence-corrected chi connectivity index (χ2v) is 6.99. The van der Waals surface area contributed by atoms with E-state index in [-0.39, 0.29) is 6.61 Å². The van der Waals surface area contributed by atoms with Crippen molar-refractivity contribution in [2.45, 2.75) is 25.3 Å². The number of benzene rings is 1. The maximum Gasteiger partial charge on any atom is 0.119 e. The minimum Gasteiger partial charge on any atom is -0.492 e. The highest BCUT2D eigenvalue weighted by atomic mass is 16.5. The van der Waals surface area contributed by atoms with E-state index in [1.807, 2.05) is 42.6 Å². The van der Waals surface area contributed by atoms with Gasteiger partial charge in [-0.25, -0.2) is 4.98 Å². The number of para-hydroxylation sites is 1. The van der Waals surface area contributed by atoms with Crippen molar-refractivity contribution in [2.75, 3.05) is 32.8 Å². The van der Waals surface area contributed by atoms with Gasteiger partial charge in [-0.15, -0.1) is 0 Å². The molecule has 142 valence electrons. The lowest BCUT2D eigenvalue weighted by molar-refractivity contribution is 0.161. The fourth-order valence-corrected chi connectivity index (χ4v) is 3.86. The van der Waals surface area contributed by atoms with Crippen LogP contribution in [0.3, 0.4) is 0 Å². The van der Waals surface area contributed by atoms with Crippen LogP contribution in [0.1, 0.15) is 24.6 Å². The minimum absolute atomic E-state index is 0.228. The third-order valence-electron chi connectivity index (χ3n) is 5.28. The molecule has 1 aromatic carbocycles. The molecule has 0 saturated carbocycles. The molecule has 0 unspecified atom stereocenters. The monoisotopic (exact) mass is 366 g/mol. The van der Waals surface area contributed by atoms with Crippen LogP contribution in [0.25, 0.3) is 11.0 Å². The Morgan fingerprint density at radius 2 is 1.89 bits per heavy atom. The normalized spacial score (nSPS) is 16.0. The maximum atomic E-state index is 9.15. The number of β-amino-alcohol motifs (C(OH)–C–C–N with tert-alkyl or cyclic N) is 1. The Morgan fingerprint density at radius 3 is 2.67 bits per heavy atom. The first-order valence-corrected chi connectivity index (χ1v) is 9.66. The highest BCUT2D eigenvalue weighted by Gasteiger charge is 2.25. The van der Waals surface area contributed by atoms with Gasteiger partial charge >= 0.3 is 0 Å². The van der Waals surface area contributed by atoms with Crippen molar-refractivity contribution in [3.63, 3.8) is 0 Å². The third kappa shape index (κ3) is 4.12. The zero-order valence-electron chi connectivity index (χ0n) is 15.5. The molecule has 1 aliphatic rings. The third-order valence-corrected chi connectivity index (χ3v) is 5.28. The average Bonchev–Trinajstić information content (AvgIpc) is 3.08.